The number of carbonyl (C=O) groups is 1. The number of amides is 1. The van der Waals surface area contributed by atoms with Crippen LogP contribution in [-0.4, -0.2) is 48.8 Å². The minimum atomic E-state index is -0.122. The molecule has 32 heavy (non-hydrogen) atoms. The van der Waals surface area contributed by atoms with Crippen LogP contribution in [0.2, 0.25) is 0 Å². The van der Waals surface area contributed by atoms with Gasteiger partial charge in [-0.15, -0.1) is 5.10 Å². The van der Waals surface area contributed by atoms with Gasteiger partial charge >= 0.3 is 0 Å². The Kier molecular flexibility index (Phi) is 8.56. The van der Waals surface area contributed by atoms with Gasteiger partial charge in [-0.25, -0.2) is 0 Å². The molecule has 1 fully saturated rings. The van der Waals surface area contributed by atoms with Gasteiger partial charge in [0.05, 0.1) is 39.3 Å². The zero-order valence-electron chi connectivity index (χ0n) is 18.9. The van der Waals surface area contributed by atoms with Crippen molar-refractivity contribution in [2.24, 2.45) is 10.2 Å². The van der Waals surface area contributed by atoms with E-state index >= 15 is 0 Å². The summed E-state index contributed by atoms with van der Waals surface area (Å²) in [6.07, 6.45) is 4.52. The first kappa shape index (κ1) is 23.7. The lowest BCUT2D eigenvalue weighted by molar-refractivity contribution is -0.126. The van der Waals surface area contributed by atoms with E-state index in [4.69, 9.17) is 14.2 Å². The molecule has 1 heterocycles. The highest BCUT2D eigenvalue weighted by molar-refractivity contribution is 8.15. The van der Waals surface area contributed by atoms with Crippen LogP contribution in [0.5, 0.6) is 17.2 Å². The molecule has 1 aliphatic heterocycles. The van der Waals surface area contributed by atoms with Gasteiger partial charge < -0.3 is 14.2 Å². The van der Waals surface area contributed by atoms with Gasteiger partial charge in [-0.2, -0.15) is 5.10 Å². The van der Waals surface area contributed by atoms with Crippen LogP contribution in [0.4, 0.5) is 0 Å². The summed E-state index contributed by atoms with van der Waals surface area (Å²) in [6.45, 7) is 2.57. The molecule has 0 radical (unpaired) electrons. The molecule has 1 atom stereocenters. The lowest BCUT2D eigenvalue weighted by Gasteiger charge is -2.16. The van der Waals surface area contributed by atoms with Gasteiger partial charge in [-0.05, 0) is 47.9 Å². The van der Waals surface area contributed by atoms with E-state index in [0.717, 1.165) is 36.1 Å². The summed E-state index contributed by atoms with van der Waals surface area (Å²) in [5.74, 6) is 2.14. The molecule has 8 heteroatoms. The number of nitrogens with zero attached hydrogens (tertiary/aromatic N) is 3. The first-order valence-corrected chi connectivity index (χ1v) is 11.4. The Hall–Kier alpha value is -3.00. The number of carbonyl (C=O) groups excluding carboxylic acids is 1. The topological polar surface area (TPSA) is 72.7 Å². The monoisotopic (exact) mass is 455 g/mol. The van der Waals surface area contributed by atoms with Crippen molar-refractivity contribution in [1.29, 1.82) is 0 Å². The van der Waals surface area contributed by atoms with Gasteiger partial charge in [0.1, 0.15) is 5.75 Å². The first-order chi connectivity index (χ1) is 15.6. The van der Waals surface area contributed by atoms with E-state index in [1.807, 2.05) is 42.5 Å². The van der Waals surface area contributed by atoms with E-state index in [-0.39, 0.29) is 11.2 Å². The predicted molar refractivity (Wildman–Crippen MR) is 129 cm³/mol. The largest absolute Gasteiger partial charge is 0.497 e. The van der Waals surface area contributed by atoms with Gasteiger partial charge in [-0.1, -0.05) is 43.7 Å². The van der Waals surface area contributed by atoms with Crippen LogP contribution in [0.25, 0.3) is 0 Å². The molecule has 1 aliphatic rings. The minimum Gasteiger partial charge on any atom is -0.497 e. The number of benzene rings is 2. The van der Waals surface area contributed by atoms with Crippen molar-refractivity contribution < 1.29 is 19.0 Å². The Morgan fingerprint density at radius 2 is 1.78 bits per heavy atom. The highest BCUT2D eigenvalue weighted by Gasteiger charge is 2.37. The number of rotatable bonds is 10. The van der Waals surface area contributed by atoms with Crippen molar-refractivity contribution in [3.05, 3.63) is 53.6 Å². The Bertz CT molecular complexity index is 976. The van der Waals surface area contributed by atoms with Crippen LogP contribution < -0.4 is 14.2 Å². The Labute approximate surface area is 193 Å². The predicted octanol–water partition coefficient (Wildman–Crippen LogP) is 4.74. The summed E-state index contributed by atoms with van der Waals surface area (Å²) in [5, 5.41) is 9.14. The third kappa shape index (κ3) is 5.82. The molecule has 2 aromatic rings. The molecular formula is C24H29N3O4S. The highest BCUT2D eigenvalue weighted by Crippen LogP contribution is 2.32. The molecule has 3 rings (SSSR count). The normalized spacial score (nSPS) is 17.4. The molecule has 7 nitrogen and oxygen atoms in total. The molecule has 0 aliphatic carbocycles. The average Bonchev–Trinajstić information content (AvgIpc) is 3.12. The third-order valence-corrected chi connectivity index (χ3v) is 6.33. The number of hydrogen-bond donors (Lipinski definition) is 0. The number of thioether (sulfide) groups is 1. The number of hydrogen-bond acceptors (Lipinski definition) is 7. The number of amidine groups is 1. The molecule has 0 spiro atoms. The summed E-state index contributed by atoms with van der Waals surface area (Å²) in [4.78, 5) is 14.8. The summed E-state index contributed by atoms with van der Waals surface area (Å²) in [5.41, 5.74) is 1.83. The molecule has 0 N–H and O–H groups in total. The summed E-state index contributed by atoms with van der Waals surface area (Å²) < 4.78 is 15.8. The van der Waals surface area contributed by atoms with Crippen molar-refractivity contribution in [1.82, 2.24) is 4.90 Å². The maximum Gasteiger partial charge on any atom is 0.242 e. The number of methoxy groups -OCH3 is 3. The van der Waals surface area contributed by atoms with Gasteiger partial charge in [0.25, 0.3) is 0 Å². The molecule has 0 saturated carbocycles. The molecule has 1 saturated heterocycles. The lowest BCUT2D eigenvalue weighted by atomic mass is 10.1. The van der Waals surface area contributed by atoms with Gasteiger partial charge in [-0.3, -0.25) is 9.69 Å². The molecule has 1 amide bonds. The fraction of sp³-hybridized carbons (Fsp3) is 0.375. The van der Waals surface area contributed by atoms with Crippen LogP contribution in [0, 0.1) is 0 Å². The van der Waals surface area contributed by atoms with Crippen molar-refractivity contribution in [3.8, 4) is 17.2 Å². The standard InChI is InChI=1S/C24H29N3O4S/c1-5-6-7-22-23(28)27(16-17-8-11-19(29-2)12-9-17)24(32-22)26-25-15-18-10-13-20(30-3)21(14-18)31-4/h8-15,22H,5-7,16H2,1-4H3/b25-15-,26-24-/t22-/m1/s1. The smallest absolute Gasteiger partial charge is 0.242 e. The van der Waals surface area contributed by atoms with Crippen LogP contribution in [0.15, 0.2) is 52.7 Å². The highest BCUT2D eigenvalue weighted by atomic mass is 32.2. The summed E-state index contributed by atoms with van der Waals surface area (Å²) >= 11 is 1.49. The Morgan fingerprint density at radius 1 is 1.03 bits per heavy atom. The molecule has 0 bridgehead atoms. The fourth-order valence-electron chi connectivity index (χ4n) is 3.30. The Morgan fingerprint density at radius 3 is 2.44 bits per heavy atom. The van der Waals surface area contributed by atoms with Crippen molar-refractivity contribution in [2.45, 2.75) is 38.0 Å². The molecular weight excluding hydrogens is 426 g/mol. The number of ether oxygens (including phenoxy) is 3. The quantitative estimate of drug-likeness (QED) is 0.382. The molecule has 0 unspecified atom stereocenters. The van der Waals surface area contributed by atoms with Crippen LogP contribution >= 0.6 is 11.8 Å². The second-order valence-corrected chi connectivity index (χ2v) is 8.43. The summed E-state index contributed by atoms with van der Waals surface area (Å²) in [7, 11) is 4.82. The van der Waals surface area contributed by atoms with Crippen LogP contribution in [-0.2, 0) is 11.3 Å². The Balaban J connectivity index is 1.80. The van der Waals surface area contributed by atoms with E-state index in [0.29, 0.717) is 23.2 Å². The zero-order valence-corrected chi connectivity index (χ0v) is 19.7. The summed E-state index contributed by atoms with van der Waals surface area (Å²) in [6, 6.07) is 13.2. The van der Waals surface area contributed by atoms with Gasteiger partial charge in [0, 0.05) is 0 Å². The van der Waals surface area contributed by atoms with E-state index < -0.39 is 0 Å². The van der Waals surface area contributed by atoms with E-state index in [1.54, 1.807) is 32.4 Å². The maximum absolute atomic E-state index is 13.1. The van der Waals surface area contributed by atoms with Crippen molar-refractivity contribution >= 4 is 29.1 Å². The average molecular weight is 456 g/mol. The lowest BCUT2D eigenvalue weighted by Crippen LogP contribution is -2.31. The molecule has 2 aromatic carbocycles. The first-order valence-electron chi connectivity index (χ1n) is 10.5. The van der Waals surface area contributed by atoms with Crippen LogP contribution in [0.1, 0.15) is 37.3 Å². The molecule has 170 valence electrons. The van der Waals surface area contributed by atoms with E-state index in [1.165, 1.54) is 11.8 Å². The van der Waals surface area contributed by atoms with Gasteiger partial charge in [0.2, 0.25) is 5.91 Å². The zero-order chi connectivity index (χ0) is 22.9. The maximum atomic E-state index is 13.1. The second-order valence-electron chi connectivity index (χ2n) is 7.26. The number of unbranched alkanes of at least 4 members (excludes halogenated alkanes) is 1. The SMILES string of the molecule is CCCC[C@H]1S/C(=N\N=C/c2ccc(OC)c(OC)c2)N(Cc2ccc(OC)cc2)C1=O. The third-order valence-electron chi connectivity index (χ3n) is 5.10. The van der Waals surface area contributed by atoms with Crippen molar-refractivity contribution in [3.63, 3.8) is 0 Å². The molecule has 0 aromatic heterocycles. The second kappa shape index (κ2) is 11.6. The van der Waals surface area contributed by atoms with Gasteiger partial charge in [0.15, 0.2) is 16.7 Å². The minimum absolute atomic E-state index is 0.0827. The van der Waals surface area contributed by atoms with Crippen LogP contribution in [0.3, 0.4) is 0 Å². The van der Waals surface area contributed by atoms with E-state index in [9.17, 15) is 4.79 Å². The van der Waals surface area contributed by atoms with E-state index in [2.05, 4.69) is 17.1 Å². The van der Waals surface area contributed by atoms with Crippen molar-refractivity contribution in [2.75, 3.05) is 21.3 Å². The fourth-order valence-corrected chi connectivity index (χ4v) is 4.44.